The van der Waals surface area contributed by atoms with Gasteiger partial charge in [0.25, 0.3) is 0 Å². The molecule has 3 nitrogen and oxygen atoms in total. The van der Waals surface area contributed by atoms with Crippen LogP contribution in [0.5, 0.6) is 0 Å². The molecule has 98 valence electrons. The van der Waals surface area contributed by atoms with Crippen LogP contribution in [-0.2, 0) is 4.79 Å². The van der Waals surface area contributed by atoms with Crippen LogP contribution in [0.1, 0.15) is 51.9 Å². The van der Waals surface area contributed by atoms with Crippen molar-refractivity contribution in [1.82, 2.24) is 4.90 Å². The van der Waals surface area contributed by atoms with E-state index in [1.54, 1.807) is 0 Å². The van der Waals surface area contributed by atoms with Crippen LogP contribution in [0.15, 0.2) is 0 Å². The van der Waals surface area contributed by atoms with Gasteiger partial charge in [0.1, 0.15) is 0 Å². The molecular weight excluding hydrogens is 232 g/mol. The molecule has 4 heteroatoms. The number of nitrogens with zero attached hydrogens (tertiary/aromatic N) is 1. The zero-order valence-corrected chi connectivity index (χ0v) is 11.8. The van der Waals surface area contributed by atoms with Crippen molar-refractivity contribution < 1.29 is 4.79 Å². The lowest BCUT2D eigenvalue weighted by Gasteiger charge is -2.28. The SMILES string of the molecule is CC(CC(N)=S)N(C)C(=O)C1CCCCCC1. The zero-order chi connectivity index (χ0) is 12.8. The second kappa shape index (κ2) is 6.94. The lowest BCUT2D eigenvalue weighted by Crippen LogP contribution is -2.40. The van der Waals surface area contributed by atoms with Crippen molar-refractivity contribution in [3.8, 4) is 0 Å². The van der Waals surface area contributed by atoms with E-state index in [2.05, 4.69) is 0 Å². The van der Waals surface area contributed by atoms with E-state index in [0.29, 0.717) is 11.4 Å². The van der Waals surface area contributed by atoms with Gasteiger partial charge in [0.05, 0.1) is 4.99 Å². The van der Waals surface area contributed by atoms with Crippen molar-refractivity contribution in [3.63, 3.8) is 0 Å². The molecule has 1 amide bonds. The molecule has 0 bridgehead atoms. The molecule has 0 heterocycles. The largest absolute Gasteiger partial charge is 0.393 e. The molecule has 0 aliphatic heterocycles. The third-order valence-corrected chi connectivity index (χ3v) is 3.88. The molecule has 1 saturated carbocycles. The zero-order valence-electron chi connectivity index (χ0n) is 10.9. The molecule has 1 atom stereocenters. The smallest absolute Gasteiger partial charge is 0.225 e. The highest BCUT2D eigenvalue weighted by atomic mass is 32.1. The quantitative estimate of drug-likeness (QED) is 0.621. The minimum absolute atomic E-state index is 0.114. The van der Waals surface area contributed by atoms with E-state index in [4.69, 9.17) is 18.0 Å². The molecule has 0 aromatic rings. The monoisotopic (exact) mass is 256 g/mol. The maximum atomic E-state index is 12.3. The maximum absolute atomic E-state index is 12.3. The number of hydrogen-bond donors (Lipinski definition) is 1. The predicted molar refractivity (Wildman–Crippen MR) is 74.8 cm³/mol. The summed E-state index contributed by atoms with van der Waals surface area (Å²) in [6, 6.07) is 0.114. The van der Waals surface area contributed by atoms with Gasteiger partial charge in [0.15, 0.2) is 0 Å². The van der Waals surface area contributed by atoms with E-state index < -0.39 is 0 Å². The third-order valence-electron chi connectivity index (χ3n) is 3.71. The lowest BCUT2D eigenvalue weighted by molar-refractivity contribution is -0.136. The summed E-state index contributed by atoms with van der Waals surface area (Å²) < 4.78 is 0. The second-order valence-corrected chi connectivity index (χ2v) is 5.68. The molecule has 1 fully saturated rings. The number of rotatable bonds is 4. The number of carbonyl (C=O) groups excluding carboxylic acids is 1. The first-order valence-electron chi connectivity index (χ1n) is 6.57. The topological polar surface area (TPSA) is 46.3 Å². The van der Waals surface area contributed by atoms with E-state index in [1.807, 2.05) is 18.9 Å². The molecule has 1 aliphatic rings. The molecule has 1 rings (SSSR count). The summed E-state index contributed by atoms with van der Waals surface area (Å²) in [5.41, 5.74) is 5.53. The molecule has 2 N–H and O–H groups in total. The van der Waals surface area contributed by atoms with E-state index in [0.717, 1.165) is 12.8 Å². The fourth-order valence-corrected chi connectivity index (χ4v) is 2.70. The first-order chi connectivity index (χ1) is 8.02. The van der Waals surface area contributed by atoms with Crippen molar-refractivity contribution in [2.75, 3.05) is 7.05 Å². The number of hydrogen-bond acceptors (Lipinski definition) is 2. The first kappa shape index (κ1) is 14.4. The Kier molecular flexibility index (Phi) is 5.89. The van der Waals surface area contributed by atoms with E-state index >= 15 is 0 Å². The molecule has 1 unspecified atom stereocenters. The van der Waals surface area contributed by atoms with Gasteiger partial charge < -0.3 is 10.6 Å². The van der Waals surface area contributed by atoms with Gasteiger partial charge in [-0.2, -0.15) is 0 Å². The Hall–Kier alpha value is -0.640. The molecule has 0 aromatic heterocycles. The highest BCUT2D eigenvalue weighted by Crippen LogP contribution is 2.25. The summed E-state index contributed by atoms with van der Waals surface area (Å²) in [4.78, 5) is 14.6. The van der Waals surface area contributed by atoms with Crippen molar-refractivity contribution in [2.45, 2.75) is 57.9 Å². The Labute approximate surface area is 110 Å². The Bertz CT molecular complexity index is 273. The van der Waals surface area contributed by atoms with Crippen LogP contribution >= 0.6 is 12.2 Å². The molecule has 0 saturated heterocycles. The fourth-order valence-electron chi connectivity index (χ4n) is 2.46. The summed E-state index contributed by atoms with van der Waals surface area (Å²) in [7, 11) is 1.87. The Morgan fingerprint density at radius 2 is 1.88 bits per heavy atom. The number of carbonyl (C=O) groups is 1. The second-order valence-electron chi connectivity index (χ2n) is 5.16. The van der Waals surface area contributed by atoms with Crippen molar-refractivity contribution >= 4 is 23.1 Å². The lowest BCUT2D eigenvalue weighted by atomic mass is 9.98. The number of amides is 1. The van der Waals surface area contributed by atoms with Gasteiger partial charge in [-0.3, -0.25) is 4.79 Å². The number of thiocarbonyl (C=S) groups is 1. The Morgan fingerprint density at radius 3 is 2.35 bits per heavy atom. The van der Waals surface area contributed by atoms with Crippen molar-refractivity contribution in [3.05, 3.63) is 0 Å². The molecular formula is C13H24N2OS. The van der Waals surface area contributed by atoms with Gasteiger partial charge in [-0.15, -0.1) is 0 Å². The van der Waals surface area contributed by atoms with Gasteiger partial charge in [-0.25, -0.2) is 0 Å². The van der Waals surface area contributed by atoms with E-state index in [-0.39, 0.29) is 17.9 Å². The summed E-state index contributed by atoms with van der Waals surface area (Å²) >= 11 is 4.90. The standard InChI is InChI=1S/C13H24N2OS/c1-10(9-12(14)17)15(2)13(16)11-7-5-3-4-6-8-11/h10-11H,3-9H2,1-2H3,(H2,14,17). The predicted octanol–water partition coefficient (Wildman–Crippen LogP) is 2.48. The first-order valence-corrected chi connectivity index (χ1v) is 6.98. The van der Waals surface area contributed by atoms with Gasteiger partial charge >= 0.3 is 0 Å². The average Bonchev–Trinajstić information content (AvgIpc) is 2.54. The summed E-state index contributed by atoms with van der Waals surface area (Å²) in [6.45, 7) is 2.01. The van der Waals surface area contributed by atoms with Crippen molar-refractivity contribution in [2.24, 2.45) is 11.7 Å². The Morgan fingerprint density at radius 1 is 1.35 bits per heavy atom. The normalized spacial score (nSPS) is 19.4. The van der Waals surface area contributed by atoms with Crippen LogP contribution in [0, 0.1) is 5.92 Å². The van der Waals surface area contributed by atoms with Crippen LogP contribution in [-0.4, -0.2) is 28.9 Å². The minimum atomic E-state index is 0.114. The van der Waals surface area contributed by atoms with Crippen molar-refractivity contribution in [1.29, 1.82) is 0 Å². The molecule has 1 aliphatic carbocycles. The fraction of sp³-hybridized carbons (Fsp3) is 0.846. The average molecular weight is 256 g/mol. The van der Waals surface area contributed by atoms with Gasteiger partial charge in [0, 0.05) is 25.4 Å². The van der Waals surface area contributed by atoms with E-state index in [1.165, 1.54) is 25.7 Å². The van der Waals surface area contributed by atoms with Gasteiger partial charge in [-0.1, -0.05) is 37.9 Å². The van der Waals surface area contributed by atoms with Gasteiger partial charge in [0.2, 0.25) is 5.91 Å². The summed E-state index contributed by atoms with van der Waals surface area (Å²) in [5.74, 6) is 0.493. The number of nitrogens with two attached hydrogens (primary N) is 1. The highest BCUT2D eigenvalue weighted by molar-refractivity contribution is 7.80. The summed E-state index contributed by atoms with van der Waals surface area (Å²) in [6.07, 6.45) is 7.63. The van der Waals surface area contributed by atoms with Crippen LogP contribution in [0.3, 0.4) is 0 Å². The summed E-state index contributed by atoms with van der Waals surface area (Å²) in [5, 5.41) is 0. The Balaban J connectivity index is 2.51. The molecule has 0 radical (unpaired) electrons. The minimum Gasteiger partial charge on any atom is -0.393 e. The highest BCUT2D eigenvalue weighted by Gasteiger charge is 2.25. The molecule has 0 spiro atoms. The maximum Gasteiger partial charge on any atom is 0.225 e. The molecule has 0 aromatic carbocycles. The van der Waals surface area contributed by atoms with Crippen LogP contribution in [0.2, 0.25) is 0 Å². The van der Waals surface area contributed by atoms with Crippen LogP contribution in [0.25, 0.3) is 0 Å². The molecule has 17 heavy (non-hydrogen) atoms. The van der Waals surface area contributed by atoms with E-state index in [9.17, 15) is 4.79 Å². The van der Waals surface area contributed by atoms with Crippen LogP contribution < -0.4 is 5.73 Å². The van der Waals surface area contributed by atoms with Gasteiger partial charge in [-0.05, 0) is 19.8 Å². The van der Waals surface area contributed by atoms with Crippen LogP contribution in [0.4, 0.5) is 0 Å². The third kappa shape index (κ3) is 4.62.